The molecule has 3 rings (SSSR count). The second-order valence-electron chi connectivity index (χ2n) is 8.30. The number of carbonyl (C=O) groups is 1. The minimum Gasteiger partial charge on any atom is -0.447 e. The van der Waals surface area contributed by atoms with Crippen LogP contribution in [0.4, 0.5) is 31.1 Å². The Morgan fingerprint density at radius 3 is 1.68 bits per heavy atom. The lowest BCUT2D eigenvalue weighted by Crippen LogP contribution is -2.49. The molecule has 0 unspecified atom stereocenters. The Balaban J connectivity index is 2.25. The molecule has 0 aliphatic rings. The van der Waals surface area contributed by atoms with Gasteiger partial charge in [-0.3, -0.25) is 0 Å². The van der Waals surface area contributed by atoms with Crippen LogP contribution in [0.3, 0.4) is 0 Å². The first kappa shape index (κ1) is 27.7. The summed E-state index contributed by atoms with van der Waals surface area (Å²) >= 11 is 0. The van der Waals surface area contributed by atoms with Gasteiger partial charge in [0.05, 0.1) is 11.6 Å². The minimum atomic E-state index is -4.99. The molecule has 0 aliphatic heterocycles. The lowest BCUT2D eigenvalue weighted by atomic mass is 9.78. The number of nitrogens with one attached hydrogen (secondary N) is 1. The van der Waals surface area contributed by atoms with Gasteiger partial charge in [-0.2, -0.15) is 0 Å². The van der Waals surface area contributed by atoms with Crippen molar-refractivity contribution in [2.24, 2.45) is 0 Å². The standard InChI is InChI=1S/C26H23F6NO4/c1-17(2)35-23(34)33-24(16-18-8-4-3-5-9-18,19-10-6-12-21(14-19)36-25(27,28)29)20-11-7-13-22(15-20)37-26(30,31)32/h3-15,17H,16H2,1-2H3,(H,33,34). The van der Waals surface area contributed by atoms with E-state index in [2.05, 4.69) is 14.8 Å². The lowest BCUT2D eigenvalue weighted by Gasteiger charge is -2.36. The van der Waals surface area contributed by atoms with E-state index in [1.54, 1.807) is 44.2 Å². The van der Waals surface area contributed by atoms with E-state index in [0.717, 1.165) is 24.3 Å². The van der Waals surface area contributed by atoms with Gasteiger partial charge < -0.3 is 19.5 Å². The topological polar surface area (TPSA) is 56.8 Å². The van der Waals surface area contributed by atoms with Crippen molar-refractivity contribution in [3.8, 4) is 11.5 Å². The van der Waals surface area contributed by atoms with Crippen LogP contribution < -0.4 is 14.8 Å². The summed E-state index contributed by atoms with van der Waals surface area (Å²) < 4.78 is 91.2. The smallest absolute Gasteiger partial charge is 0.447 e. The summed E-state index contributed by atoms with van der Waals surface area (Å²) in [6.45, 7) is 3.18. The fourth-order valence-electron chi connectivity index (χ4n) is 3.80. The molecule has 1 amide bonds. The van der Waals surface area contributed by atoms with Crippen molar-refractivity contribution in [3.63, 3.8) is 0 Å². The second-order valence-corrected chi connectivity index (χ2v) is 8.30. The van der Waals surface area contributed by atoms with Crippen LogP contribution in [-0.2, 0) is 16.7 Å². The molecule has 11 heteroatoms. The molecule has 0 heterocycles. The van der Waals surface area contributed by atoms with E-state index in [1.165, 1.54) is 24.3 Å². The van der Waals surface area contributed by atoms with E-state index < -0.39 is 42.0 Å². The molecule has 3 aromatic carbocycles. The van der Waals surface area contributed by atoms with E-state index in [1.807, 2.05) is 0 Å². The molecule has 0 atom stereocenters. The summed E-state index contributed by atoms with van der Waals surface area (Å²) in [7, 11) is 0. The molecule has 198 valence electrons. The molecule has 0 radical (unpaired) electrons. The van der Waals surface area contributed by atoms with Gasteiger partial charge in [-0.15, -0.1) is 26.3 Å². The van der Waals surface area contributed by atoms with Crippen molar-refractivity contribution < 1.29 is 45.3 Å². The number of benzene rings is 3. The van der Waals surface area contributed by atoms with E-state index in [-0.39, 0.29) is 17.5 Å². The van der Waals surface area contributed by atoms with Gasteiger partial charge in [0.2, 0.25) is 0 Å². The van der Waals surface area contributed by atoms with Crippen LogP contribution in [0.2, 0.25) is 0 Å². The SMILES string of the molecule is CC(C)OC(=O)NC(Cc1ccccc1)(c1cccc(OC(F)(F)F)c1)c1cccc(OC(F)(F)F)c1. The summed E-state index contributed by atoms with van der Waals surface area (Å²) in [4.78, 5) is 12.9. The molecule has 0 aromatic heterocycles. The fourth-order valence-corrected chi connectivity index (χ4v) is 3.80. The Morgan fingerprint density at radius 2 is 1.24 bits per heavy atom. The summed E-state index contributed by atoms with van der Waals surface area (Å²) in [5.41, 5.74) is -0.869. The van der Waals surface area contributed by atoms with Crippen LogP contribution in [-0.4, -0.2) is 24.9 Å². The Bertz CT molecular complexity index is 1140. The Hall–Kier alpha value is -3.89. The van der Waals surface area contributed by atoms with Crippen LogP contribution in [0.15, 0.2) is 78.9 Å². The zero-order valence-corrected chi connectivity index (χ0v) is 19.7. The third-order valence-electron chi connectivity index (χ3n) is 5.09. The van der Waals surface area contributed by atoms with E-state index in [0.29, 0.717) is 5.56 Å². The Kier molecular flexibility index (Phi) is 8.25. The maximum absolute atomic E-state index is 13.0. The zero-order valence-electron chi connectivity index (χ0n) is 19.7. The van der Waals surface area contributed by atoms with Crippen LogP contribution >= 0.6 is 0 Å². The molecule has 5 nitrogen and oxygen atoms in total. The zero-order chi connectivity index (χ0) is 27.3. The highest BCUT2D eigenvalue weighted by molar-refractivity contribution is 5.70. The van der Waals surface area contributed by atoms with E-state index in [4.69, 9.17) is 4.74 Å². The number of rotatable bonds is 8. The molecule has 0 aliphatic carbocycles. The average molecular weight is 527 g/mol. The van der Waals surface area contributed by atoms with Crippen LogP contribution in [0.25, 0.3) is 0 Å². The lowest BCUT2D eigenvalue weighted by molar-refractivity contribution is -0.275. The Labute approximate surface area is 209 Å². The number of alkyl halides is 6. The quantitative estimate of drug-likeness (QED) is 0.318. The van der Waals surface area contributed by atoms with E-state index >= 15 is 0 Å². The van der Waals surface area contributed by atoms with Crippen molar-refractivity contribution in [3.05, 3.63) is 95.6 Å². The number of halogens is 6. The first-order valence-electron chi connectivity index (χ1n) is 11.0. The normalized spacial score (nSPS) is 12.2. The molecule has 0 saturated carbocycles. The highest BCUT2D eigenvalue weighted by atomic mass is 19.4. The number of hydrogen-bond donors (Lipinski definition) is 1. The van der Waals surface area contributed by atoms with Crippen molar-refractivity contribution in [2.45, 2.75) is 44.6 Å². The number of alkyl carbamates (subject to hydrolysis) is 1. The van der Waals surface area contributed by atoms with Crippen molar-refractivity contribution in [2.75, 3.05) is 0 Å². The molecular weight excluding hydrogens is 504 g/mol. The van der Waals surface area contributed by atoms with Gasteiger partial charge in [0.1, 0.15) is 11.5 Å². The second kappa shape index (κ2) is 11.0. The number of ether oxygens (including phenoxy) is 3. The largest absolute Gasteiger partial charge is 0.573 e. The summed E-state index contributed by atoms with van der Waals surface area (Å²) in [5, 5.41) is 2.69. The molecule has 1 N–H and O–H groups in total. The number of carbonyl (C=O) groups excluding carboxylic acids is 1. The third kappa shape index (κ3) is 8.06. The van der Waals surface area contributed by atoms with Crippen LogP contribution in [0.1, 0.15) is 30.5 Å². The van der Waals surface area contributed by atoms with Crippen LogP contribution in [0.5, 0.6) is 11.5 Å². The van der Waals surface area contributed by atoms with Gasteiger partial charge >= 0.3 is 18.8 Å². The molecule has 0 fully saturated rings. The van der Waals surface area contributed by atoms with Gasteiger partial charge in [-0.25, -0.2) is 4.79 Å². The van der Waals surface area contributed by atoms with Crippen LogP contribution in [0, 0.1) is 0 Å². The minimum absolute atomic E-state index is 0.0635. The first-order chi connectivity index (χ1) is 17.3. The number of amides is 1. The van der Waals surface area contributed by atoms with Gasteiger partial charge in [-0.1, -0.05) is 54.6 Å². The molecule has 0 spiro atoms. The van der Waals surface area contributed by atoms with Gasteiger partial charge in [0.15, 0.2) is 0 Å². The maximum atomic E-state index is 13.0. The predicted molar refractivity (Wildman–Crippen MR) is 122 cm³/mol. The van der Waals surface area contributed by atoms with Crippen molar-refractivity contribution in [1.29, 1.82) is 0 Å². The average Bonchev–Trinajstić information content (AvgIpc) is 2.77. The third-order valence-corrected chi connectivity index (χ3v) is 5.09. The molecule has 3 aromatic rings. The summed E-state index contributed by atoms with van der Waals surface area (Å²) in [6, 6.07) is 18.2. The van der Waals surface area contributed by atoms with E-state index in [9.17, 15) is 31.1 Å². The summed E-state index contributed by atoms with van der Waals surface area (Å²) in [5.74, 6) is -1.16. The fraction of sp³-hybridized carbons (Fsp3) is 0.269. The first-order valence-corrected chi connectivity index (χ1v) is 11.0. The monoisotopic (exact) mass is 527 g/mol. The van der Waals surface area contributed by atoms with Crippen molar-refractivity contribution in [1.82, 2.24) is 5.32 Å². The van der Waals surface area contributed by atoms with Gasteiger partial charge in [0, 0.05) is 6.42 Å². The van der Waals surface area contributed by atoms with Gasteiger partial charge in [0.25, 0.3) is 0 Å². The molecule has 0 saturated heterocycles. The molecular formula is C26H23F6NO4. The molecule has 37 heavy (non-hydrogen) atoms. The highest BCUT2D eigenvalue weighted by Crippen LogP contribution is 2.38. The summed E-state index contributed by atoms with van der Waals surface area (Å²) in [6.07, 6.45) is -11.5. The maximum Gasteiger partial charge on any atom is 0.573 e. The predicted octanol–water partition coefficient (Wildman–Crippen LogP) is 7.10. The number of hydrogen-bond acceptors (Lipinski definition) is 4. The van der Waals surface area contributed by atoms with Gasteiger partial charge in [-0.05, 0) is 54.8 Å². The van der Waals surface area contributed by atoms with Crippen molar-refractivity contribution >= 4 is 6.09 Å². The Morgan fingerprint density at radius 1 is 0.757 bits per heavy atom. The highest BCUT2D eigenvalue weighted by Gasteiger charge is 2.40. The molecule has 0 bridgehead atoms.